The molecule has 2 N–H and O–H groups in total. The summed E-state index contributed by atoms with van der Waals surface area (Å²) in [6.45, 7) is 1.75. The highest BCUT2D eigenvalue weighted by Gasteiger charge is 2.25. The molecule has 23 heavy (non-hydrogen) atoms. The van der Waals surface area contributed by atoms with Gasteiger partial charge in [-0.3, -0.25) is 9.69 Å². The van der Waals surface area contributed by atoms with Crippen molar-refractivity contribution >= 4 is 29.0 Å². The van der Waals surface area contributed by atoms with Crippen LogP contribution in [-0.2, 0) is 4.79 Å². The first-order valence-electron chi connectivity index (χ1n) is 6.69. The normalized spacial score (nSPS) is 11.4. The molecule has 1 heterocycles. The van der Waals surface area contributed by atoms with Crippen LogP contribution in [0, 0.1) is 12.3 Å². The number of carbonyl (C=O) groups excluding carboxylic acids is 1. The lowest BCUT2D eigenvalue weighted by Crippen LogP contribution is -2.33. The summed E-state index contributed by atoms with van der Waals surface area (Å²) in [6, 6.07) is 5.97. The number of hydrogen-bond acceptors (Lipinski definition) is 5. The van der Waals surface area contributed by atoms with Gasteiger partial charge in [0.25, 0.3) is 0 Å². The zero-order valence-electron chi connectivity index (χ0n) is 12.7. The number of terminal acetylenes is 1. The maximum atomic E-state index is 12.2. The van der Waals surface area contributed by atoms with Crippen molar-refractivity contribution in [3.8, 4) is 18.1 Å². The van der Waals surface area contributed by atoms with Crippen molar-refractivity contribution in [2.45, 2.75) is 13.0 Å². The van der Waals surface area contributed by atoms with E-state index in [1.54, 1.807) is 31.2 Å². The molecule has 7 heteroatoms. The second-order valence-electron chi connectivity index (χ2n) is 4.65. The van der Waals surface area contributed by atoms with Crippen molar-refractivity contribution in [2.24, 2.45) is 0 Å². The van der Waals surface area contributed by atoms with Crippen LogP contribution in [-0.4, -0.2) is 23.0 Å². The van der Waals surface area contributed by atoms with E-state index in [0.717, 1.165) is 0 Å². The summed E-state index contributed by atoms with van der Waals surface area (Å²) in [4.78, 5) is 21.9. The van der Waals surface area contributed by atoms with Gasteiger partial charge in [-0.25, -0.2) is 9.97 Å². The molecule has 1 atom stereocenters. The summed E-state index contributed by atoms with van der Waals surface area (Å²) in [6.07, 6.45) is 6.81. The molecular formula is C16H15ClN4O2. The molecule has 2 aromatic rings. The smallest absolute Gasteiger partial charge is 0.303 e. The molecule has 0 spiro atoms. The number of benzene rings is 1. The Bertz CT molecular complexity index is 773. The number of anilines is 2. The van der Waals surface area contributed by atoms with E-state index in [1.165, 1.54) is 18.2 Å². The number of halogens is 1. The summed E-state index contributed by atoms with van der Waals surface area (Å²) in [7, 11) is 1.51. The average molecular weight is 331 g/mol. The number of nitrogens with two attached hydrogens (primary N) is 1. The summed E-state index contributed by atoms with van der Waals surface area (Å²) < 4.78 is 5.11. The van der Waals surface area contributed by atoms with Gasteiger partial charge in [0.15, 0.2) is 5.82 Å². The quantitative estimate of drug-likeness (QED) is 0.871. The zero-order chi connectivity index (χ0) is 17.0. The van der Waals surface area contributed by atoms with Crippen molar-refractivity contribution in [3.63, 3.8) is 0 Å². The number of methoxy groups -OCH3 is 1. The maximum absolute atomic E-state index is 12.2. The van der Waals surface area contributed by atoms with Crippen molar-refractivity contribution in [2.75, 3.05) is 17.7 Å². The van der Waals surface area contributed by atoms with Gasteiger partial charge in [-0.05, 0) is 37.1 Å². The van der Waals surface area contributed by atoms with Crippen LogP contribution in [0.5, 0.6) is 5.75 Å². The Labute approximate surface area is 139 Å². The van der Waals surface area contributed by atoms with Crippen molar-refractivity contribution in [1.82, 2.24) is 9.97 Å². The van der Waals surface area contributed by atoms with Gasteiger partial charge < -0.3 is 10.5 Å². The van der Waals surface area contributed by atoms with E-state index in [9.17, 15) is 4.79 Å². The van der Waals surface area contributed by atoms with E-state index in [2.05, 4.69) is 15.9 Å². The number of nitrogen functional groups attached to an aromatic ring is 1. The first-order valence-corrected chi connectivity index (χ1v) is 7.07. The third-order valence-electron chi connectivity index (χ3n) is 3.21. The molecule has 0 fully saturated rings. The fourth-order valence-electron chi connectivity index (χ4n) is 2.10. The highest BCUT2D eigenvalue weighted by molar-refractivity contribution is 6.32. The highest BCUT2D eigenvalue weighted by atomic mass is 35.5. The molecular weight excluding hydrogens is 316 g/mol. The maximum Gasteiger partial charge on any atom is 0.303 e. The molecule has 1 unspecified atom stereocenters. The highest BCUT2D eigenvalue weighted by Crippen LogP contribution is 2.32. The van der Waals surface area contributed by atoms with E-state index >= 15 is 0 Å². The molecule has 0 bridgehead atoms. The molecule has 1 amide bonds. The van der Waals surface area contributed by atoms with Gasteiger partial charge in [-0.1, -0.05) is 11.6 Å². The van der Waals surface area contributed by atoms with E-state index < -0.39 is 11.9 Å². The predicted molar refractivity (Wildman–Crippen MR) is 89.2 cm³/mol. The summed E-state index contributed by atoms with van der Waals surface area (Å²) in [5.41, 5.74) is 6.18. The first-order chi connectivity index (χ1) is 11.0. The Morgan fingerprint density at radius 3 is 2.78 bits per heavy atom. The molecule has 0 aliphatic heterocycles. The Balaban J connectivity index is 2.47. The van der Waals surface area contributed by atoms with Crippen molar-refractivity contribution < 1.29 is 9.53 Å². The Hall–Kier alpha value is -2.78. The topological polar surface area (TPSA) is 81.3 Å². The van der Waals surface area contributed by atoms with E-state index in [0.29, 0.717) is 28.1 Å². The van der Waals surface area contributed by atoms with Gasteiger partial charge in [-0.2, -0.15) is 0 Å². The van der Waals surface area contributed by atoms with E-state index in [1.807, 2.05) is 0 Å². The van der Waals surface area contributed by atoms with Gasteiger partial charge in [0.2, 0.25) is 0 Å². The van der Waals surface area contributed by atoms with E-state index in [-0.39, 0.29) is 0 Å². The third-order valence-corrected chi connectivity index (χ3v) is 3.51. The van der Waals surface area contributed by atoms with Crippen LogP contribution in [0.15, 0.2) is 30.5 Å². The van der Waals surface area contributed by atoms with Crippen LogP contribution >= 0.6 is 11.6 Å². The van der Waals surface area contributed by atoms with Crippen LogP contribution in [0.1, 0.15) is 18.8 Å². The summed E-state index contributed by atoms with van der Waals surface area (Å²) in [5.74, 6) is 2.75. The zero-order valence-corrected chi connectivity index (χ0v) is 13.4. The second kappa shape index (κ2) is 6.99. The number of amides is 1. The van der Waals surface area contributed by atoms with Crippen LogP contribution in [0.3, 0.4) is 0 Å². The minimum absolute atomic E-state index is 0.308. The molecule has 0 radical (unpaired) electrons. The Morgan fingerprint density at radius 1 is 1.48 bits per heavy atom. The van der Waals surface area contributed by atoms with Gasteiger partial charge in [0.05, 0.1) is 18.2 Å². The standard InChI is InChI=1S/C16H15ClN4O2/c1-4-15(22)21(10(2)16-19-8-7-14(18)20-16)11-5-6-13(23-3)12(17)9-11/h1,5-10H,2-3H3,(H2,18,19,20). The SMILES string of the molecule is C#CC(=O)N(c1ccc(OC)c(Cl)c1)C(C)c1nccc(N)n1. The summed E-state index contributed by atoms with van der Waals surface area (Å²) in [5, 5.41) is 0.362. The van der Waals surface area contributed by atoms with Crippen molar-refractivity contribution in [1.29, 1.82) is 0 Å². The predicted octanol–water partition coefficient (Wildman–Crippen LogP) is 2.45. The van der Waals surface area contributed by atoms with Crippen LogP contribution in [0.2, 0.25) is 5.02 Å². The van der Waals surface area contributed by atoms with Crippen LogP contribution in [0.25, 0.3) is 0 Å². The Kier molecular flexibility index (Phi) is 5.04. The number of nitrogens with zero attached hydrogens (tertiary/aromatic N) is 3. The number of rotatable bonds is 4. The minimum atomic E-state index is -0.537. The first kappa shape index (κ1) is 16.6. The van der Waals surface area contributed by atoms with Gasteiger partial charge >= 0.3 is 5.91 Å². The monoisotopic (exact) mass is 330 g/mol. The lowest BCUT2D eigenvalue weighted by molar-refractivity contribution is -0.113. The van der Waals surface area contributed by atoms with Gasteiger partial charge in [-0.15, -0.1) is 6.42 Å². The lowest BCUT2D eigenvalue weighted by Gasteiger charge is -2.27. The minimum Gasteiger partial charge on any atom is -0.495 e. The number of carbonyl (C=O) groups is 1. The van der Waals surface area contributed by atoms with Crippen LogP contribution < -0.4 is 15.4 Å². The van der Waals surface area contributed by atoms with E-state index in [4.69, 9.17) is 28.5 Å². The molecule has 0 aliphatic rings. The second-order valence-corrected chi connectivity index (χ2v) is 5.06. The number of aromatic nitrogens is 2. The molecule has 1 aromatic carbocycles. The molecule has 2 rings (SSSR count). The largest absolute Gasteiger partial charge is 0.495 e. The van der Waals surface area contributed by atoms with Crippen LogP contribution in [0.4, 0.5) is 11.5 Å². The van der Waals surface area contributed by atoms with Gasteiger partial charge in [0, 0.05) is 11.9 Å². The molecule has 0 saturated heterocycles. The average Bonchev–Trinajstić information content (AvgIpc) is 2.55. The number of ether oxygens (including phenoxy) is 1. The Morgan fingerprint density at radius 2 is 2.22 bits per heavy atom. The lowest BCUT2D eigenvalue weighted by atomic mass is 10.2. The number of hydrogen-bond donors (Lipinski definition) is 1. The fourth-order valence-corrected chi connectivity index (χ4v) is 2.35. The molecule has 0 aliphatic carbocycles. The van der Waals surface area contributed by atoms with Crippen molar-refractivity contribution in [3.05, 3.63) is 41.3 Å². The van der Waals surface area contributed by atoms with Gasteiger partial charge in [0.1, 0.15) is 11.6 Å². The molecule has 1 aromatic heterocycles. The summed E-state index contributed by atoms with van der Waals surface area (Å²) >= 11 is 6.13. The molecule has 118 valence electrons. The molecule has 0 saturated carbocycles. The molecule has 6 nitrogen and oxygen atoms in total. The third kappa shape index (κ3) is 3.52. The fraction of sp³-hybridized carbons (Fsp3) is 0.188.